The monoisotopic (exact) mass is 274 g/mol. The highest BCUT2D eigenvalue weighted by Crippen LogP contribution is 2.26. The number of rotatable bonds is 4. The van der Waals surface area contributed by atoms with Crippen LogP contribution < -0.4 is 4.74 Å². The molecule has 0 unspecified atom stereocenters. The second-order valence-electron chi connectivity index (χ2n) is 3.98. The molecule has 5 nitrogen and oxygen atoms in total. The molecular weight excluding hydrogens is 260 g/mol. The Bertz CT molecular complexity index is 600. The number of thioether (sulfide) groups is 1. The van der Waals surface area contributed by atoms with Crippen molar-refractivity contribution < 1.29 is 4.74 Å². The number of methoxy groups -OCH3 is 1. The van der Waals surface area contributed by atoms with E-state index in [0.717, 1.165) is 22.3 Å². The molecule has 0 N–H and O–H groups in total. The first-order valence-corrected chi connectivity index (χ1v) is 6.63. The molecule has 0 saturated carbocycles. The highest BCUT2D eigenvalue weighted by molar-refractivity contribution is 8.00. The van der Waals surface area contributed by atoms with Gasteiger partial charge in [0, 0.05) is 12.6 Å². The minimum Gasteiger partial charge on any atom is -0.497 e. The Morgan fingerprint density at radius 3 is 2.58 bits per heavy atom. The number of benzene rings is 1. The van der Waals surface area contributed by atoms with Crippen LogP contribution in [-0.2, 0) is 7.05 Å². The molecule has 0 spiro atoms. The van der Waals surface area contributed by atoms with E-state index in [4.69, 9.17) is 10.00 Å². The molecule has 19 heavy (non-hydrogen) atoms. The molecule has 0 aliphatic carbocycles. The predicted molar refractivity (Wildman–Crippen MR) is 73.9 cm³/mol. The van der Waals surface area contributed by atoms with Gasteiger partial charge in [0.05, 0.1) is 18.4 Å². The summed E-state index contributed by atoms with van der Waals surface area (Å²) in [5, 5.41) is 17.7. The van der Waals surface area contributed by atoms with E-state index in [2.05, 4.69) is 16.3 Å². The Kier molecular flexibility index (Phi) is 4.07. The molecule has 2 rings (SSSR count). The minimum atomic E-state index is -0.147. The predicted octanol–water partition coefficient (Wildman–Crippen LogP) is 2.49. The largest absolute Gasteiger partial charge is 0.497 e. The molecular formula is C13H14N4OS. The number of ether oxygens (including phenoxy) is 1. The van der Waals surface area contributed by atoms with E-state index < -0.39 is 0 Å². The standard InChI is InChI=1S/C13H14N4OS/c1-9(8-14)19-13-16-15-12(17(13)2)10-4-6-11(18-3)7-5-10/h4-7,9H,1-3H3/t9-/m0/s1. The van der Waals surface area contributed by atoms with E-state index in [0.29, 0.717) is 0 Å². The van der Waals surface area contributed by atoms with E-state index >= 15 is 0 Å². The van der Waals surface area contributed by atoms with Crippen LogP contribution in [0.15, 0.2) is 29.4 Å². The van der Waals surface area contributed by atoms with Crippen molar-refractivity contribution in [2.24, 2.45) is 7.05 Å². The van der Waals surface area contributed by atoms with Gasteiger partial charge in [-0.3, -0.25) is 0 Å². The van der Waals surface area contributed by atoms with Crippen molar-refractivity contribution in [3.05, 3.63) is 24.3 Å². The van der Waals surface area contributed by atoms with Crippen molar-refractivity contribution >= 4 is 11.8 Å². The molecule has 0 aliphatic heterocycles. The number of nitrogens with zero attached hydrogens (tertiary/aromatic N) is 4. The van der Waals surface area contributed by atoms with Gasteiger partial charge >= 0.3 is 0 Å². The lowest BCUT2D eigenvalue weighted by molar-refractivity contribution is 0.415. The van der Waals surface area contributed by atoms with Gasteiger partial charge in [-0.15, -0.1) is 10.2 Å². The van der Waals surface area contributed by atoms with Crippen LogP contribution in [0.1, 0.15) is 6.92 Å². The molecule has 1 aromatic carbocycles. The van der Waals surface area contributed by atoms with Crippen LogP contribution in [0.2, 0.25) is 0 Å². The zero-order chi connectivity index (χ0) is 13.8. The highest BCUT2D eigenvalue weighted by Gasteiger charge is 2.13. The highest BCUT2D eigenvalue weighted by atomic mass is 32.2. The van der Waals surface area contributed by atoms with E-state index in [-0.39, 0.29) is 5.25 Å². The number of nitriles is 1. The maximum Gasteiger partial charge on any atom is 0.192 e. The van der Waals surface area contributed by atoms with E-state index in [1.165, 1.54) is 11.8 Å². The molecule has 0 fully saturated rings. The maximum absolute atomic E-state index is 8.83. The average molecular weight is 274 g/mol. The first-order valence-electron chi connectivity index (χ1n) is 5.75. The molecule has 1 atom stereocenters. The van der Waals surface area contributed by atoms with Gasteiger partial charge in [0.25, 0.3) is 0 Å². The third-order valence-electron chi connectivity index (χ3n) is 2.65. The molecule has 2 aromatic rings. The van der Waals surface area contributed by atoms with Crippen LogP contribution in [0.3, 0.4) is 0 Å². The fourth-order valence-electron chi connectivity index (χ4n) is 1.59. The Morgan fingerprint density at radius 1 is 1.32 bits per heavy atom. The Hall–Kier alpha value is -2.00. The van der Waals surface area contributed by atoms with Crippen molar-refractivity contribution in [1.82, 2.24) is 14.8 Å². The van der Waals surface area contributed by atoms with Gasteiger partial charge < -0.3 is 9.30 Å². The second-order valence-corrected chi connectivity index (χ2v) is 5.29. The van der Waals surface area contributed by atoms with E-state index in [1.54, 1.807) is 7.11 Å². The summed E-state index contributed by atoms with van der Waals surface area (Å²) in [6.07, 6.45) is 0. The van der Waals surface area contributed by atoms with Gasteiger partial charge in [0.1, 0.15) is 5.75 Å². The number of hydrogen-bond donors (Lipinski definition) is 0. The number of hydrogen-bond acceptors (Lipinski definition) is 5. The summed E-state index contributed by atoms with van der Waals surface area (Å²) in [6, 6.07) is 9.81. The fourth-order valence-corrected chi connectivity index (χ4v) is 2.29. The zero-order valence-corrected chi connectivity index (χ0v) is 11.8. The Morgan fingerprint density at radius 2 is 2.00 bits per heavy atom. The molecule has 0 bridgehead atoms. The van der Waals surface area contributed by atoms with Crippen LogP contribution >= 0.6 is 11.8 Å². The van der Waals surface area contributed by atoms with Crippen LogP contribution in [-0.4, -0.2) is 27.1 Å². The normalized spacial score (nSPS) is 11.9. The number of aromatic nitrogens is 3. The molecule has 0 radical (unpaired) electrons. The summed E-state index contributed by atoms with van der Waals surface area (Å²) >= 11 is 1.40. The summed E-state index contributed by atoms with van der Waals surface area (Å²) < 4.78 is 7.01. The van der Waals surface area contributed by atoms with Gasteiger partial charge in [0.2, 0.25) is 0 Å². The van der Waals surface area contributed by atoms with Crippen LogP contribution in [0.25, 0.3) is 11.4 Å². The zero-order valence-electron chi connectivity index (χ0n) is 11.0. The topological polar surface area (TPSA) is 63.7 Å². The first-order chi connectivity index (χ1) is 9.15. The summed E-state index contributed by atoms with van der Waals surface area (Å²) in [7, 11) is 3.53. The van der Waals surface area contributed by atoms with Gasteiger partial charge in [-0.25, -0.2) is 0 Å². The summed E-state index contributed by atoms with van der Waals surface area (Å²) in [5.74, 6) is 1.58. The Balaban J connectivity index is 2.28. The van der Waals surface area contributed by atoms with Crippen molar-refractivity contribution in [3.63, 3.8) is 0 Å². The smallest absolute Gasteiger partial charge is 0.192 e. The van der Waals surface area contributed by atoms with E-state index in [1.807, 2.05) is 42.8 Å². The van der Waals surface area contributed by atoms with Gasteiger partial charge in [-0.2, -0.15) is 5.26 Å². The molecule has 1 heterocycles. The molecule has 98 valence electrons. The molecule has 0 aliphatic rings. The van der Waals surface area contributed by atoms with Crippen molar-refractivity contribution in [2.75, 3.05) is 7.11 Å². The minimum absolute atomic E-state index is 0.147. The van der Waals surface area contributed by atoms with Crippen LogP contribution in [0.5, 0.6) is 5.75 Å². The van der Waals surface area contributed by atoms with Gasteiger partial charge in [-0.1, -0.05) is 11.8 Å². The summed E-state index contributed by atoms with van der Waals surface area (Å²) in [4.78, 5) is 0. The SMILES string of the molecule is COc1ccc(-c2nnc(S[C@@H](C)C#N)n2C)cc1. The molecule has 0 amide bonds. The third kappa shape index (κ3) is 2.88. The van der Waals surface area contributed by atoms with Gasteiger partial charge in [-0.05, 0) is 31.2 Å². The molecule has 0 saturated heterocycles. The summed E-state index contributed by atoms with van der Waals surface area (Å²) in [5.41, 5.74) is 0.965. The van der Waals surface area contributed by atoms with E-state index in [9.17, 15) is 0 Å². The van der Waals surface area contributed by atoms with Crippen molar-refractivity contribution in [2.45, 2.75) is 17.3 Å². The summed E-state index contributed by atoms with van der Waals surface area (Å²) in [6.45, 7) is 1.84. The van der Waals surface area contributed by atoms with Gasteiger partial charge in [0.15, 0.2) is 11.0 Å². The maximum atomic E-state index is 8.83. The first kappa shape index (κ1) is 13.4. The second kappa shape index (κ2) is 5.76. The quantitative estimate of drug-likeness (QED) is 0.801. The lowest BCUT2D eigenvalue weighted by Crippen LogP contribution is -1.98. The average Bonchev–Trinajstić information content (AvgIpc) is 2.80. The lowest BCUT2D eigenvalue weighted by Gasteiger charge is -2.05. The Labute approximate surface area is 116 Å². The van der Waals surface area contributed by atoms with Crippen LogP contribution in [0.4, 0.5) is 0 Å². The van der Waals surface area contributed by atoms with Crippen molar-refractivity contribution in [1.29, 1.82) is 5.26 Å². The molecule has 6 heteroatoms. The third-order valence-corrected chi connectivity index (χ3v) is 3.67. The lowest BCUT2D eigenvalue weighted by atomic mass is 10.2. The van der Waals surface area contributed by atoms with Crippen LogP contribution in [0, 0.1) is 11.3 Å². The molecule has 1 aromatic heterocycles. The fraction of sp³-hybridized carbons (Fsp3) is 0.308. The van der Waals surface area contributed by atoms with Crippen molar-refractivity contribution in [3.8, 4) is 23.2 Å².